The van der Waals surface area contributed by atoms with Crippen molar-refractivity contribution in [2.45, 2.75) is 19.3 Å². The Balaban J connectivity index is 1.85. The Morgan fingerprint density at radius 1 is 1.00 bits per heavy atom. The molecule has 0 unspecified atom stereocenters. The average molecular weight is 482 g/mol. The van der Waals surface area contributed by atoms with Gasteiger partial charge in [-0.05, 0) is 31.2 Å². The van der Waals surface area contributed by atoms with Crippen LogP contribution < -0.4 is 10.9 Å². The summed E-state index contributed by atoms with van der Waals surface area (Å²) in [5, 5.41) is -0.442. The van der Waals surface area contributed by atoms with Gasteiger partial charge < -0.3 is 0 Å². The zero-order valence-corrected chi connectivity index (χ0v) is 16.5. The number of pyridine rings is 2. The van der Waals surface area contributed by atoms with Crippen molar-refractivity contribution >= 4 is 23.3 Å². The molecule has 0 atom stereocenters. The summed E-state index contributed by atoms with van der Waals surface area (Å²) in [5.74, 6) is -3.11. The number of anilines is 1. The molecule has 0 spiro atoms. The predicted octanol–water partition coefficient (Wildman–Crippen LogP) is 5.16. The fourth-order valence-corrected chi connectivity index (χ4v) is 2.83. The van der Waals surface area contributed by atoms with Crippen molar-refractivity contribution < 1.29 is 35.5 Å². The maximum atomic E-state index is 14.4. The Morgan fingerprint density at radius 2 is 1.59 bits per heavy atom. The molecule has 32 heavy (non-hydrogen) atoms. The first-order valence-corrected chi connectivity index (χ1v) is 8.87. The molecule has 0 aromatic carbocycles. The van der Waals surface area contributed by atoms with Gasteiger partial charge in [0.2, 0.25) is 0 Å². The van der Waals surface area contributed by atoms with E-state index in [0.29, 0.717) is 18.5 Å². The molecular formula is C18H11ClF7N5O. The zero-order valence-electron chi connectivity index (χ0n) is 15.7. The van der Waals surface area contributed by atoms with E-state index in [1.807, 2.05) is 0 Å². The normalized spacial score (nSPS) is 12.0. The maximum Gasteiger partial charge on any atom is 0.417 e. The van der Waals surface area contributed by atoms with Crippen molar-refractivity contribution in [2.75, 3.05) is 5.43 Å². The van der Waals surface area contributed by atoms with Crippen LogP contribution in [0.3, 0.4) is 0 Å². The zero-order chi connectivity index (χ0) is 23.8. The molecule has 0 saturated heterocycles. The first-order valence-electron chi connectivity index (χ1n) is 8.49. The molecule has 0 fully saturated rings. The van der Waals surface area contributed by atoms with Crippen LogP contribution in [0.25, 0.3) is 5.82 Å². The van der Waals surface area contributed by atoms with E-state index in [1.54, 1.807) is 0 Å². The summed E-state index contributed by atoms with van der Waals surface area (Å²) < 4.78 is 91.6. The summed E-state index contributed by atoms with van der Waals surface area (Å²) >= 11 is 5.74. The second kappa shape index (κ2) is 8.30. The molecule has 6 nitrogen and oxygen atoms in total. The third-order valence-electron chi connectivity index (χ3n) is 4.13. The Labute approximate surface area is 180 Å². The molecule has 0 saturated carbocycles. The Hall–Kier alpha value is -3.35. The molecule has 0 bridgehead atoms. The Morgan fingerprint density at radius 3 is 2.16 bits per heavy atom. The minimum absolute atomic E-state index is 0.232. The fraction of sp³-hybridized carbons (Fsp3) is 0.167. The lowest BCUT2D eigenvalue weighted by molar-refractivity contribution is -0.138. The van der Waals surface area contributed by atoms with Crippen molar-refractivity contribution in [3.8, 4) is 5.82 Å². The molecule has 170 valence electrons. The van der Waals surface area contributed by atoms with Crippen molar-refractivity contribution in [2.24, 2.45) is 0 Å². The Kier molecular flexibility index (Phi) is 6.05. The lowest BCUT2D eigenvalue weighted by Crippen LogP contribution is -2.32. The molecular weight excluding hydrogens is 471 g/mol. The summed E-state index contributed by atoms with van der Waals surface area (Å²) in [4.78, 5) is 19.5. The largest absolute Gasteiger partial charge is 0.417 e. The number of nitrogens with one attached hydrogen (secondary N) is 2. The summed E-state index contributed by atoms with van der Waals surface area (Å²) in [5.41, 5.74) is 1.99. The third-order valence-corrected chi connectivity index (χ3v) is 4.42. The molecule has 3 heterocycles. The van der Waals surface area contributed by atoms with Crippen molar-refractivity contribution in [1.29, 1.82) is 0 Å². The van der Waals surface area contributed by atoms with E-state index in [-0.39, 0.29) is 23.3 Å². The highest BCUT2D eigenvalue weighted by Crippen LogP contribution is 2.32. The minimum Gasteiger partial charge on any atom is -0.291 e. The minimum atomic E-state index is -4.81. The number of alkyl halides is 6. The third kappa shape index (κ3) is 4.77. The summed E-state index contributed by atoms with van der Waals surface area (Å²) in [6.07, 6.45) is -8.57. The number of hydrazine groups is 1. The summed E-state index contributed by atoms with van der Waals surface area (Å²) in [6.45, 7) is 1.46. The monoisotopic (exact) mass is 481 g/mol. The molecule has 3 aromatic rings. The van der Waals surface area contributed by atoms with Crippen molar-refractivity contribution in [3.63, 3.8) is 0 Å². The Bertz CT molecular complexity index is 1170. The van der Waals surface area contributed by atoms with E-state index >= 15 is 0 Å². The van der Waals surface area contributed by atoms with Crippen LogP contribution in [0.5, 0.6) is 0 Å². The lowest BCUT2D eigenvalue weighted by atomic mass is 10.2. The van der Waals surface area contributed by atoms with Gasteiger partial charge in [0.1, 0.15) is 5.69 Å². The number of amides is 1. The number of nitrogens with zero attached hydrogens (tertiary/aromatic N) is 3. The molecule has 0 aliphatic rings. The van der Waals surface area contributed by atoms with Gasteiger partial charge in [0.05, 0.1) is 16.1 Å². The molecule has 0 aliphatic heterocycles. The van der Waals surface area contributed by atoms with E-state index in [2.05, 4.69) is 20.8 Å². The highest BCUT2D eigenvalue weighted by molar-refractivity contribution is 6.33. The van der Waals surface area contributed by atoms with Crippen LogP contribution in [0.1, 0.15) is 27.3 Å². The summed E-state index contributed by atoms with van der Waals surface area (Å²) in [6, 6.07) is 3.47. The first-order chi connectivity index (χ1) is 14.8. The number of hydrogen-bond donors (Lipinski definition) is 2. The van der Waals surface area contributed by atoms with E-state index < -0.39 is 46.0 Å². The predicted molar refractivity (Wildman–Crippen MR) is 98.6 cm³/mol. The second-order valence-electron chi connectivity index (χ2n) is 6.35. The van der Waals surface area contributed by atoms with Crippen LogP contribution in [0, 0.1) is 12.7 Å². The SMILES string of the molecule is Cc1ccc(C(=O)NNc2ncc(C(F)(F)F)cc2Cl)n1-c1ncc(C(F)(F)F)cc1F. The molecule has 1 amide bonds. The van der Waals surface area contributed by atoms with Crippen molar-refractivity contribution in [3.05, 3.63) is 70.0 Å². The van der Waals surface area contributed by atoms with E-state index in [0.717, 1.165) is 4.57 Å². The molecule has 2 N–H and O–H groups in total. The molecule has 0 radical (unpaired) electrons. The maximum absolute atomic E-state index is 14.4. The number of aromatic nitrogens is 3. The quantitative estimate of drug-likeness (QED) is 0.399. The number of carbonyl (C=O) groups is 1. The van der Waals surface area contributed by atoms with Gasteiger partial charge in [-0.25, -0.2) is 14.4 Å². The number of halogens is 8. The molecule has 0 aliphatic carbocycles. The van der Waals surface area contributed by atoms with Gasteiger partial charge in [-0.3, -0.25) is 20.2 Å². The van der Waals surface area contributed by atoms with E-state index in [1.165, 1.54) is 19.1 Å². The van der Waals surface area contributed by atoms with Gasteiger partial charge in [0, 0.05) is 18.1 Å². The van der Waals surface area contributed by atoms with Crippen LogP contribution in [-0.4, -0.2) is 20.4 Å². The van der Waals surface area contributed by atoms with E-state index in [9.17, 15) is 35.5 Å². The number of carbonyl (C=O) groups excluding carboxylic acids is 1. The molecule has 3 aromatic heterocycles. The van der Waals surface area contributed by atoms with Crippen LogP contribution >= 0.6 is 11.6 Å². The van der Waals surface area contributed by atoms with Crippen LogP contribution in [0.15, 0.2) is 36.7 Å². The van der Waals surface area contributed by atoms with Gasteiger partial charge in [-0.15, -0.1) is 0 Å². The van der Waals surface area contributed by atoms with Gasteiger partial charge in [-0.2, -0.15) is 26.3 Å². The van der Waals surface area contributed by atoms with Crippen LogP contribution in [0.2, 0.25) is 5.02 Å². The smallest absolute Gasteiger partial charge is 0.291 e. The topological polar surface area (TPSA) is 71.8 Å². The fourth-order valence-electron chi connectivity index (χ4n) is 2.61. The van der Waals surface area contributed by atoms with Crippen LogP contribution in [0.4, 0.5) is 36.6 Å². The molecule has 14 heteroatoms. The summed E-state index contributed by atoms with van der Waals surface area (Å²) in [7, 11) is 0. The second-order valence-corrected chi connectivity index (χ2v) is 6.76. The van der Waals surface area contributed by atoms with Gasteiger partial charge in [0.25, 0.3) is 5.91 Å². The number of rotatable bonds is 4. The van der Waals surface area contributed by atoms with E-state index in [4.69, 9.17) is 11.6 Å². The standard InChI is InChI=1S/C18H11ClF7N5O/c1-8-2-3-13(31(8)15-12(20)5-10(7-28-15)18(24,25)26)16(32)30-29-14-11(19)4-9(6-27-14)17(21,22)23/h2-7H,1H3,(H,27,29)(H,30,32). The lowest BCUT2D eigenvalue weighted by Gasteiger charge is -2.15. The van der Waals surface area contributed by atoms with Gasteiger partial charge >= 0.3 is 12.4 Å². The van der Waals surface area contributed by atoms with Crippen LogP contribution in [-0.2, 0) is 12.4 Å². The highest BCUT2D eigenvalue weighted by atomic mass is 35.5. The van der Waals surface area contributed by atoms with Crippen molar-refractivity contribution in [1.82, 2.24) is 20.0 Å². The van der Waals surface area contributed by atoms with Gasteiger partial charge in [0.15, 0.2) is 17.5 Å². The first kappa shape index (κ1) is 23.3. The molecule has 3 rings (SSSR count). The average Bonchev–Trinajstić information content (AvgIpc) is 3.06. The number of hydrogen-bond acceptors (Lipinski definition) is 4. The van der Waals surface area contributed by atoms with Gasteiger partial charge in [-0.1, -0.05) is 11.6 Å². The number of aryl methyl sites for hydroxylation is 1. The highest BCUT2D eigenvalue weighted by Gasteiger charge is 2.33.